The summed E-state index contributed by atoms with van der Waals surface area (Å²) in [6.45, 7) is 0. The Morgan fingerprint density at radius 2 is 1.15 bits per heavy atom. The molecule has 13 N–H and O–H groups in total. The number of aromatic hydroxyl groups is 1. The van der Waals surface area contributed by atoms with E-state index >= 15 is 0 Å². The molecule has 0 aliphatic heterocycles. The van der Waals surface area contributed by atoms with E-state index < -0.39 is 72.0 Å². The van der Waals surface area contributed by atoms with Crippen molar-refractivity contribution in [1.29, 1.82) is 0 Å². The Balaban J connectivity index is 3.17. The first kappa shape index (κ1) is 32.3. The molecule has 16 heteroatoms. The number of hydrogen-bond donors (Lipinski definition) is 9. The van der Waals surface area contributed by atoms with Crippen molar-refractivity contribution in [3.63, 3.8) is 0 Å². The van der Waals surface area contributed by atoms with Gasteiger partial charge in [-0.2, -0.15) is 0 Å². The molecule has 0 saturated heterocycles. The Morgan fingerprint density at radius 3 is 1.64 bits per heavy atom. The second-order valence-corrected chi connectivity index (χ2v) is 8.68. The molecule has 16 nitrogen and oxygen atoms in total. The number of phenols is 1. The van der Waals surface area contributed by atoms with Gasteiger partial charge in [0.1, 0.15) is 23.9 Å². The fourth-order valence-electron chi connectivity index (χ4n) is 3.31. The van der Waals surface area contributed by atoms with E-state index in [0.29, 0.717) is 5.56 Å². The SMILES string of the molecule is NC(=O)CCC(NC(=O)C(CCC(N)=O)NC(=O)C(Cc1ccc(O)cc1)NC(=O)C(N)CC(N)=O)C(=O)O. The number of amides is 6. The maximum absolute atomic E-state index is 13.2. The third-order valence-electron chi connectivity index (χ3n) is 5.37. The number of carbonyl (C=O) groups is 7. The minimum atomic E-state index is -1.53. The zero-order valence-electron chi connectivity index (χ0n) is 20.9. The first-order valence-electron chi connectivity index (χ1n) is 11.7. The van der Waals surface area contributed by atoms with Gasteiger partial charge in [-0.25, -0.2) is 4.79 Å². The number of nitrogens with two attached hydrogens (primary N) is 4. The number of benzene rings is 1. The summed E-state index contributed by atoms with van der Waals surface area (Å²) in [5.74, 6) is -6.80. The monoisotopic (exact) mass is 551 g/mol. The number of phenolic OH excluding ortho intramolecular Hbond substituents is 1. The van der Waals surface area contributed by atoms with Crippen molar-refractivity contribution in [3.05, 3.63) is 29.8 Å². The smallest absolute Gasteiger partial charge is 0.326 e. The van der Waals surface area contributed by atoms with E-state index in [9.17, 15) is 43.8 Å². The number of nitrogens with one attached hydrogen (secondary N) is 3. The molecule has 4 unspecified atom stereocenters. The Morgan fingerprint density at radius 1 is 0.692 bits per heavy atom. The Hall–Kier alpha value is -4.73. The average Bonchev–Trinajstić information content (AvgIpc) is 2.83. The van der Waals surface area contributed by atoms with Gasteiger partial charge < -0.3 is 49.1 Å². The third kappa shape index (κ3) is 12.4. The van der Waals surface area contributed by atoms with Crippen LogP contribution in [0.2, 0.25) is 0 Å². The van der Waals surface area contributed by atoms with Gasteiger partial charge in [0.2, 0.25) is 35.4 Å². The summed E-state index contributed by atoms with van der Waals surface area (Å²) < 4.78 is 0. The van der Waals surface area contributed by atoms with Crippen LogP contribution in [0, 0.1) is 0 Å². The Kier molecular flexibility index (Phi) is 12.8. The predicted molar refractivity (Wildman–Crippen MR) is 134 cm³/mol. The molecule has 214 valence electrons. The fraction of sp³-hybridized carbons (Fsp3) is 0.435. The second kappa shape index (κ2) is 15.5. The molecular weight excluding hydrogens is 518 g/mol. The van der Waals surface area contributed by atoms with Crippen LogP contribution < -0.4 is 38.9 Å². The third-order valence-corrected chi connectivity index (χ3v) is 5.37. The summed E-state index contributed by atoms with van der Waals surface area (Å²) in [6.07, 6.45) is -2.02. The molecule has 1 rings (SSSR count). The normalized spacial score (nSPS) is 13.7. The number of carbonyl (C=O) groups excluding carboxylic acids is 6. The van der Waals surface area contributed by atoms with Crippen molar-refractivity contribution in [3.8, 4) is 5.75 Å². The molecule has 0 bridgehead atoms. The van der Waals surface area contributed by atoms with E-state index in [1.54, 1.807) is 0 Å². The number of carboxylic acid groups (broad SMARTS) is 1. The maximum atomic E-state index is 13.2. The lowest BCUT2D eigenvalue weighted by molar-refractivity contribution is -0.142. The Labute approximate surface area is 222 Å². The summed E-state index contributed by atoms with van der Waals surface area (Å²) in [5.41, 5.74) is 21.4. The molecule has 0 spiro atoms. The zero-order chi connectivity index (χ0) is 29.7. The highest BCUT2D eigenvalue weighted by molar-refractivity contribution is 5.95. The van der Waals surface area contributed by atoms with Gasteiger partial charge in [0.05, 0.1) is 12.5 Å². The molecule has 1 aromatic carbocycles. The standard InChI is InChI=1S/C23H33N7O9/c24-13(10-19(27)34)20(35)30-16(9-11-1-3-12(31)4-2-11)22(37)28-14(5-7-17(25)32)21(36)29-15(23(38)39)6-8-18(26)33/h1-4,13-16,31H,5-10,24H2,(H2,25,32)(H2,26,33)(H2,27,34)(H,28,37)(H,29,36)(H,30,35)(H,38,39). The van der Waals surface area contributed by atoms with Crippen LogP contribution in [0.5, 0.6) is 5.75 Å². The van der Waals surface area contributed by atoms with E-state index in [-0.39, 0.29) is 37.9 Å². The van der Waals surface area contributed by atoms with Crippen LogP contribution in [0.3, 0.4) is 0 Å². The summed E-state index contributed by atoms with van der Waals surface area (Å²) in [4.78, 5) is 83.6. The second-order valence-electron chi connectivity index (χ2n) is 8.68. The van der Waals surface area contributed by atoms with Crippen molar-refractivity contribution >= 4 is 41.4 Å². The predicted octanol–water partition coefficient (Wildman–Crippen LogP) is -3.79. The van der Waals surface area contributed by atoms with Crippen LogP contribution in [0.15, 0.2) is 24.3 Å². The van der Waals surface area contributed by atoms with E-state index in [1.807, 2.05) is 0 Å². The van der Waals surface area contributed by atoms with Crippen LogP contribution in [0.1, 0.15) is 37.7 Å². The van der Waals surface area contributed by atoms with Crippen molar-refractivity contribution in [1.82, 2.24) is 16.0 Å². The summed E-state index contributed by atoms with van der Waals surface area (Å²) in [5, 5.41) is 25.8. The number of carboxylic acids is 1. The highest BCUT2D eigenvalue weighted by Crippen LogP contribution is 2.12. The number of rotatable bonds is 17. The lowest BCUT2D eigenvalue weighted by atomic mass is 10.0. The van der Waals surface area contributed by atoms with E-state index in [1.165, 1.54) is 24.3 Å². The molecular formula is C23H33N7O9. The van der Waals surface area contributed by atoms with Gasteiger partial charge in [-0.05, 0) is 30.5 Å². The quantitative estimate of drug-likeness (QED) is 0.0909. The highest BCUT2D eigenvalue weighted by Gasteiger charge is 2.31. The van der Waals surface area contributed by atoms with E-state index in [0.717, 1.165) is 0 Å². The van der Waals surface area contributed by atoms with Gasteiger partial charge in [0.15, 0.2) is 0 Å². The first-order valence-corrected chi connectivity index (χ1v) is 11.7. The van der Waals surface area contributed by atoms with Crippen LogP contribution in [-0.2, 0) is 40.0 Å². The lowest BCUT2D eigenvalue weighted by Gasteiger charge is -2.25. The minimum absolute atomic E-state index is 0.0558. The number of aliphatic carboxylic acids is 1. The maximum Gasteiger partial charge on any atom is 0.326 e. The van der Waals surface area contributed by atoms with Crippen molar-refractivity contribution in [2.24, 2.45) is 22.9 Å². The molecule has 6 amide bonds. The molecule has 0 saturated carbocycles. The molecule has 0 fully saturated rings. The molecule has 0 heterocycles. The van der Waals surface area contributed by atoms with Crippen LogP contribution in [0.25, 0.3) is 0 Å². The number of hydrogen-bond acceptors (Lipinski definition) is 9. The molecule has 0 aromatic heterocycles. The molecule has 0 aliphatic rings. The van der Waals surface area contributed by atoms with Gasteiger partial charge in [-0.3, -0.25) is 28.8 Å². The molecule has 4 atom stereocenters. The zero-order valence-corrected chi connectivity index (χ0v) is 20.9. The van der Waals surface area contributed by atoms with Crippen LogP contribution >= 0.6 is 0 Å². The van der Waals surface area contributed by atoms with Gasteiger partial charge >= 0.3 is 5.97 Å². The molecule has 0 aliphatic carbocycles. The topological polar surface area (TPSA) is 300 Å². The van der Waals surface area contributed by atoms with Crippen molar-refractivity contribution < 1.29 is 43.8 Å². The average molecular weight is 552 g/mol. The van der Waals surface area contributed by atoms with Crippen molar-refractivity contribution in [2.45, 2.75) is 62.7 Å². The molecule has 39 heavy (non-hydrogen) atoms. The van der Waals surface area contributed by atoms with Crippen molar-refractivity contribution in [2.75, 3.05) is 0 Å². The van der Waals surface area contributed by atoms with Gasteiger partial charge in [-0.15, -0.1) is 0 Å². The minimum Gasteiger partial charge on any atom is -0.508 e. The van der Waals surface area contributed by atoms with Gasteiger partial charge in [-0.1, -0.05) is 12.1 Å². The largest absolute Gasteiger partial charge is 0.508 e. The highest BCUT2D eigenvalue weighted by atomic mass is 16.4. The van der Waals surface area contributed by atoms with E-state index in [2.05, 4.69) is 16.0 Å². The fourth-order valence-corrected chi connectivity index (χ4v) is 3.31. The summed E-state index contributed by atoms with van der Waals surface area (Å²) in [7, 11) is 0. The van der Waals surface area contributed by atoms with Crippen LogP contribution in [-0.4, -0.2) is 75.8 Å². The van der Waals surface area contributed by atoms with E-state index in [4.69, 9.17) is 22.9 Å². The van der Waals surface area contributed by atoms with Gasteiger partial charge in [0.25, 0.3) is 0 Å². The Bertz CT molecular complexity index is 1080. The lowest BCUT2D eigenvalue weighted by Crippen LogP contribution is -2.58. The molecule has 1 aromatic rings. The van der Waals surface area contributed by atoms with Gasteiger partial charge in [0, 0.05) is 19.3 Å². The number of primary amides is 3. The summed E-state index contributed by atoms with van der Waals surface area (Å²) in [6, 6.07) is -0.130. The van der Waals surface area contributed by atoms with Crippen LogP contribution in [0.4, 0.5) is 0 Å². The molecule has 0 radical (unpaired) electrons. The summed E-state index contributed by atoms with van der Waals surface area (Å²) >= 11 is 0. The first-order chi connectivity index (χ1) is 18.2.